The van der Waals surface area contributed by atoms with E-state index in [0.717, 1.165) is 0 Å². The molecule has 2 N–H and O–H groups in total. The van der Waals surface area contributed by atoms with Crippen molar-refractivity contribution < 1.29 is 14.5 Å². The summed E-state index contributed by atoms with van der Waals surface area (Å²) >= 11 is 0. The Morgan fingerprint density at radius 2 is 1.83 bits per heavy atom. The number of para-hydroxylation sites is 1. The van der Waals surface area contributed by atoms with Gasteiger partial charge in [-0.15, -0.1) is 0 Å². The topological polar surface area (TPSA) is 128 Å². The maximum absolute atomic E-state index is 13.4. The van der Waals surface area contributed by atoms with Crippen molar-refractivity contribution in [3.63, 3.8) is 0 Å². The maximum Gasteiger partial charge on any atom is 0.319 e. The zero-order valence-corrected chi connectivity index (χ0v) is 19.1. The lowest BCUT2D eigenvalue weighted by atomic mass is 10.2. The summed E-state index contributed by atoms with van der Waals surface area (Å²) in [6.45, 7) is 3.78. The quantitative estimate of drug-likeness (QED) is 0.302. The molecular formula is C25H23N5O5. The number of ether oxygens (including phenoxy) is 1. The van der Waals surface area contributed by atoms with Gasteiger partial charge in [-0.25, -0.2) is 9.78 Å². The number of nitro groups is 1. The Morgan fingerprint density at radius 3 is 2.54 bits per heavy atom. The summed E-state index contributed by atoms with van der Waals surface area (Å²) in [7, 11) is 0. The van der Waals surface area contributed by atoms with Crippen molar-refractivity contribution in [1.82, 2.24) is 14.9 Å². The largest absolute Gasteiger partial charge is 0.491 e. The van der Waals surface area contributed by atoms with Crippen molar-refractivity contribution in [2.24, 2.45) is 0 Å². The number of nitrogens with zero attached hydrogens (tertiary/aromatic N) is 3. The van der Waals surface area contributed by atoms with Gasteiger partial charge in [-0.3, -0.25) is 19.5 Å². The van der Waals surface area contributed by atoms with Gasteiger partial charge in [0.2, 0.25) is 0 Å². The van der Waals surface area contributed by atoms with E-state index in [1.165, 1.54) is 28.8 Å². The molecule has 0 aliphatic carbocycles. The van der Waals surface area contributed by atoms with E-state index in [9.17, 15) is 19.7 Å². The Morgan fingerprint density at radius 1 is 1.09 bits per heavy atom. The fourth-order valence-corrected chi connectivity index (χ4v) is 3.53. The number of fused-ring (bicyclic) bond motifs is 1. The normalized spacial score (nSPS) is 10.8. The molecular weight excluding hydrogens is 450 g/mol. The molecule has 10 heteroatoms. The summed E-state index contributed by atoms with van der Waals surface area (Å²) in [5, 5.41) is 16.6. The van der Waals surface area contributed by atoms with Gasteiger partial charge >= 0.3 is 6.03 Å². The maximum atomic E-state index is 13.4. The van der Waals surface area contributed by atoms with Crippen molar-refractivity contribution in [3.05, 3.63) is 99.1 Å². The number of nitro benzene ring substituents is 1. The Bertz CT molecular complexity index is 1450. The van der Waals surface area contributed by atoms with Gasteiger partial charge in [0.15, 0.2) is 0 Å². The van der Waals surface area contributed by atoms with Crippen LogP contribution in [0.1, 0.15) is 19.7 Å². The summed E-state index contributed by atoms with van der Waals surface area (Å²) in [6, 6.07) is 19.0. The molecule has 4 rings (SSSR count). The lowest BCUT2D eigenvalue weighted by Crippen LogP contribution is -2.32. The predicted octanol–water partition coefficient (Wildman–Crippen LogP) is 4.40. The van der Waals surface area contributed by atoms with Crippen LogP contribution in [0.15, 0.2) is 77.6 Å². The molecule has 0 bridgehead atoms. The van der Waals surface area contributed by atoms with Gasteiger partial charge in [0.05, 0.1) is 34.2 Å². The van der Waals surface area contributed by atoms with Crippen LogP contribution in [0, 0.1) is 10.1 Å². The van der Waals surface area contributed by atoms with Gasteiger partial charge in [-0.1, -0.05) is 18.2 Å². The standard InChI is InChI=1S/C25H23N5O5/c1-16(2)35-20-7-5-6-19(14-20)29-23(28-22-9-4-3-8-21(22)24(29)31)15-26-25(32)27-17-10-12-18(13-11-17)30(33)34/h3-14,16H,15H2,1-2H3,(H2,26,27,32). The van der Waals surface area contributed by atoms with Gasteiger partial charge in [0, 0.05) is 23.9 Å². The van der Waals surface area contributed by atoms with Gasteiger partial charge in [-0.2, -0.15) is 0 Å². The molecule has 0 saturated carbocycles. The number of benzene rings is 3. The Kier molecular flexibility index (Phi) is 6.72. The zero-order valence-electron chi connectivity index (χ0n) is 19.1. The van der Waals surface area contributed by atoms with E-state index in [-0.39, 0.29) is 23.9 Å². The highest BCUT2D eigenvalue weighted by Crippen LogP contribution is 2.20. The van der Waals surface area contributed by atoms with Gasteiger partial charge < -0.3 is 15.4 Å². The van der Waals surface area contributed by atoms with E-state index in [1.54, 1.807) is 48.5 Å². The number of hydrogen-bond donors (Lipinski definition) is 2. The number of nitrogens with one attached hydrogen (secondary N) is 2. The third kappa shape index (κ3) is 5.44. The predicted molar refractivity (Wildman–Crippen MR) is 132 cm³/mol. The molecule has 0 radical (unpaired) electrons. The molecule has 0 aliphatic rings. The van der Waals surface area contributed by atoms with Crippen LogP contribution in [0.5, 0.6) is 5.75 Å². The minimum Gasteiger partial charge on any atom is -0.491 e. The van der Waals surface area contributed by atoms with Crippen molar-refractivity contribution >= 4 is 28.3 Å². The fraction of sp³-hybridized carbons (Fsp3) is 0.160. The smallest absolute Gasteiger partial charge is 0.319 e. The lowest BCUT2D eigenvalue weighted by Gasteiger charge is -2.16. The third-order valence-electron chi connectivity index (χ3n) is 5.04. The fourth-order valence-electron chi connectivity index (χ4n) is 3.53. The zero-order chi connectivity index (χ0) is 24.9. The molecule has 0 unspecified atom stereocenters. The molecule has 3 aromatic carbocycles. The van der Waals surface area contributed by atoms with Crippen LogP contribution >= 0.6 is 0 Å². The highest BCUT2D eigenvalue weighted by atomic mass is 16.6. The second-order valence-corrected chi connectivity index (χ2v) is 7.96. The highest BCUT2D eigenvalue weighted by molar-refractivity contribution is 5.89. The summed E-state index contributed by atoms with van der Waals surface area (Å²) in [5.41, 5.74) is 1.10. The first-order valence-corrected chi connectivity index (χ1v) is 10.9. The van der Waals surface area contributed by atoms with Crippen molar-refractivity contribution in [1.29, 1.82) is 0 Å². The second kappa shape index (κ2) is 10.0. The van der Waals surface area contributed by atoms with Crippen LogP contribution in [0.2, 0.25) is 0 Å². The van der Waals surface area contributed by atoms with Crippen LogP contribution in [0.4, 0.5) is 16.2 Å². The van der Waals surface area contributed by atoms with Crippen LogP contribution in [0.3, 0.4) is 0 Å². The van der Waals surface area contributed by atoms with Crippen molar-refractivity contribution in [2.75, 3.05) is 5.32 Å². The number of amides is 2. The van der Waals surface area contributed by atoms with E-state index in [0.29, 0.717) is 33.9 Å². The molecule has 2 amide bonds. The van der Waals surface area contributed by atoms with Crippen molar-refractivity contribution in [3.8, 4) is 11.4 Å². The first-order valence-electron chi connectivity index (χ1n) is 10.9. The molecule has 0 fully saturated rings. The monoisotopic (exact) mass is 473 g/mol. The number of rotatable bonds is 7. The lowest BCUT2D eigenvalue weighted by molar-refractivity contribution is -0.384. The Hall–Kier alpha value is -4.73. The summed E-state index contributed by atoms with van der Waals surface area (Å²) < 4.78 is 7.22. The van der Waals surface area contributed by atoms with Gasteiger partial charge in [-0.05, 0) is 50.2 Å². The first-order chi connectivity index (χ1) is 16.8. The van der Waals surface area contributed by atoms with E-state index in [2.05, 4.69) is 15.6 Å². The number of anilines is 1. The summed E-state index contributed by atoms with van der Waals surface area (Å²) in [4.78, 5) is 40.8. The number of urea groups is 1. The van der Waals surface area contributed by atoms with Crippen LogP contribution in [-0.4, -0.2) is 26.6 Å². The van der Waals surface area contributed by atoms with Gasteiger partial charge in [0.25, 0.3) is 11.2 Å². The molecule has 1 aromatic heterocycles. The third-order valence-corrected chi connectivity index (χ3v) is 5.04. The van der Waals surface area contributed by atoms with Crippen LogP contribution < -0.4 is 20.9 Å². The molecule has 0 atom stereocenters. The van der Waals surface area contributed by atoms with E-state index in [4.69, 9.17) is 4.74 Å². The van der Waals surface area contributed by atoms with Gasteiger partial charge in [0.1, 0.15) is 11.6 Å². The number of non-ortho nitro benzene ring substituents is 1. The van der Waals surface area contributed by atoms with E-state index < -0.39 is 11.0 Å². The Balaban J connectivity index is 1.63. The molecule has 10 nitrogen and oxygen atoms in total. The van der Waals surface area contributed by atoms with Crippen molar-refractivity contribution in [2.45, 2.75) is 26.5 Å². The number of carbonyl (C=O) groups is 1. The number of hydrogen-bond acceptors (Lipinski definition) is 6. The average molecular weight is 473 g/mol. The molecule has 0 saturated heterocycles. The SMILES string of the molecule is CC(C)Oc1cccc(-n2c(CNC(=O)Nc3ccc([N+](=O)[O-])cc3)nc3ccccc3c2=O)c1. The number of aromatic nitrogens is 2. The summed E-state index contributed by atoms with van der Waals surface area (Å²) in [5.74, 6) is 0.932. The summed E-state index contributed by atoms with van der Waals surface area (Å²) in [6.07, 6.45) is -0.0408. The average Bonchev–Trinajstić information content (AvgIpc) is 2.83. The Labute approximate surface area is 200 Å². The van der Waals surface area contributed by atoms with E-state index in [1.807, 2.05) is 13.8 Å². The minimum absolute atomic E-state index is 0.0408. The first kappa shape index (κ1) is 23.4. The molecule has 178 valence electrons. The second-order valence-electron chi connectivity index (χ2n) is 7.96. The highest BCUT2D eigenvalue weighted by Gasteiger charge is 2.15. The molecule has 4 aromatic rings. The minimum atomic E-state index is -0.551. The molecule has 0 spiro atoms. The van der Waals surface area contributed by atoms with E-state index >= 15 is 0 Å². The number of carbonyl (C=O) groups excluding carboxylic acids is 1. The van der Waals surface area contributed by atoms with Crippen LogP contribution in [0.25, 0.3) is 16.6 Å². The van der Waals surface area contributed by atoms with Crippen LogP contribution in [-0.2, 0) is 6.54 Å². The molecule has 0 aliphatic heterocycles. The molecule has 1 heterocycles. The molecule has 35 heavy (non-hydrogen) atoms.